The normalized spacial score (nSPS) is 11.7. The molecule has 0 N–H and O–H groups in total. The van der Waals surface area contributed by atoms with Crippen LogP contribution in [-0.4, -0.2) is 5.78 Å². The van der Waals surface area contributed by atoms with Gasteiger partial charge < -0.3 is 0 Å². The molecule has 1 heteroatoms. The highest BCUT2D eigenvalue weighted by atomic mass is 16.1. The third kappa shape index (κ3) is 2.73. The first-order chi connectivity index (χ1) is 7.97. The zero-order valence-corrected chi connectivity index (χ0v) is 10.7. The second kappa shape index (κ2) is 4.33. The van der Waals surface area contributed by atoms with Crippen LogP contribution in [0.15, 0.2) is 42.5 Å². The number of carbonyl (C=O) groups is 1. The van der Waals surface area contributed by atoms with E-state index in [0.717, 1.165) is 5.56 Å². The van der Waals surface area contributed by atoms with Crippen molar-refractivity contribution in [3.05, 3.63) is 48.0 Å². The van der Waals surface area contributed by atoms with Crippen LogP contribution < -0.4 is 0 Å². The highest BCUT2D eigenvalue weighted by Crippen LogP contribution is 2.20. The summed E-state index contributed by atoms with van der Waals surface area (Å²) >= 11 is 0. The van der Waals surface area contributed by atoms with Gasteiger partial charge in [-0.2, -0.15) is 0 Å². The molecule has 2 aromatic carbocycles. The highest BCUT2D eigenvalue weighted by Gasteiger charge is 2.20. The number of carbonyl (C=O) groups excluding carboxylic acids is 1. The maximum absolute atomic E-state index is 12.0. The van der Waals surface area contributed by atoms with Crippen molar-refractivity contribution in [2.75, 3.05) is 0 Å². The van der Waals surface area contributed by atoms with Crippen LogP contribution in [-0.2, 0) is 11.2 Å². The Bertz CT molecular complexity index is 547. The fraction of sp³-hybridized carbons (Fsp3) is 0.312. The average Bonchev–Trinajstić information content (AvgIpc) is 2.27. The van der Waals surface area contributed by atoms with E-state index < -0.39 is 0 Å². The largest absolute Gasteiger partial charge is 0.299 e. The Morgan fingerprint density at radius 1 is 1.00 bits per heavy atom. The number of hydrogen-bond donors (Lipinski definition) is 0. The summed E-state index contributed by atoms with van der Waals surface area (Å²) in [5, 5.41) is 2.42. The van der Waals surface area contributed by atoms with Crippen molar-refractivity contribution in [3.8, 4) is 0 Å². The Labute approximate surface area is 102 Å². The molecule has 1 nitrogen and oxygen atoms in total. The van der Waals surface area contributed by atoms with E-state index in [2.05, 4.69) is 24.3 Å². The molecule has 0 fully saturated rings. The Kier molecular flexibility index (Phi) is 3.01. The smallest absolute Gasteiger partial charge is 0.142 e. The maximum Gasteiger partial charge on any atom is 0.142 e. The van der Waals surface area contributed by atoms with Crippen molar-refractivity contribution in [1.29, 1.82) is 0 Å². The van der Waals surface area contributed by atoms with Gasteiger partial charge in [-0.05, 0) is 16.3 Å². The standard InChI is InChI=1S/C16H18O/c1-16(2,3)15(17)11-12-8-9-13-6-4-5-7-14(13)10-12/h4-10H,11H2,1-3H3. The van der Waals surface area contributed by atoms with Crippen LogP contribution in [0.25, 0.3) is 10.8 Å². The number of fused-ring (bicyclic) bond motifs is 1. The van der Waals surface area contributed by atoms with E-state index in [1.54, 1.807) is 0 Å². The van der Waals surface area contributed by atoms with Gasteiger partial charge >= 0.3 is 0 Å². The number of rotatable bonds is 2. The summed E-state index contributed by atoms with van der Waals surface area (Å²) in [4.78, 5) is 12.0. The molecule has 0 aliphatic heterocycles. The summed E-state index contributed by atoms with van der Waals surface area (Å²) < 4.78 is 0. The van der Waals surface area contributed by atoms with E-state index in [0.29, 0.717) is 6.42 Å². The molecule has 17 heavy (non-hydrogen) atoms. The van der Waals surface area contributed by atoms with Crippen molar-refractivity contribution < 1.29 is 4.79 Å². The lowest BCUT2D eigenvalue weighted by molar-refractivity contribution is -0.125. The maximum atomic E-state index is 12.0. The lowest BCUT2D eigenvalue weighted by Crippen LogP contribution is -2.21. The molecule has 0 amide bonds. The molecule has 0 aliphatic rings. The summed E-state index contributed by atoms with van der Waals surface area (Å²) in [6, 6.07) is 14.5. The van der Waals surface area contributed by atoms with Crippen molar-refractivity contribution in [3.63, 3.8) is 0 Å². The predicted octanol–water partition coefficient (Wildman–Crippen LogP) is 4.00. The quantitative estimate of drug-likeness (QED) is 0.756. The van der Waals surface area contributed by atoms with E-state index in [-0.39, 0.29) is 11.2 Å². The van der Waals surface area contributed by atoms with Crippen LogP contribution in [0.2, 0.25) is 0 Å². The lowest BCUT2D eigenvalue weighted by atomic mass is 9.87. The van der Waals surface area contributed by atoms with E-state index in [1.807, 2.05) is 39.0 Å². The first kappa shape index (κ1) is 11.8. The molecule has 0 aromatic heterocycles. The Morgan fingerprint density at radius 3 is 2.29 bits per heavy atom. The molecule has 0 unspecified atom stereocenters. The van der Waals surface area contributed by atoms with Gasteiger partial charge in [-0.3, -0.25) is 4.79 Å². The average molecular weight is 226 g/mol. The second-order valence-electron chi connectivity index (χ2n) is 5.53. The fourth-order valence-corrected chi connectivity index (χ4v) is 1.80. The van der Waals surface area contributed by atoms with Gasteiger partial charge in [0.2, 0.25) is 0 Å². The van der Waals surface area contributed by atoms with Crippen molar-refractivity contribution in [1.82, 2.24) is 0 Å². The molecule has 0 heterocycles. The second-order valence-corrected chi connectivity index (χ2v) is 5.53. The van der Waals surface area contributed by atoms with Crippen molar-refractivity contribution in [2.24, 2.45) is 5.41 Å². The zero-order valence-electron chi connectivity index (χ0n) is 10.7. The van der Waals surface area contributed by atoms with Crippen molar-refractivity contribution >= 4 is 16.6 Å². The Balaban J connectivity index is 2.29. The number of Topliss-reactive ketones (excluding diaryl/α,β-unsaturated/α-hetero) is 1. The van der Waals surface area contributed by atoms with Gasteiger partial charge in [-0.25, -0.2) is 0 Å². The Morgan fingerprint density at radius 2 is 1.65 bits per heavy atom. The lowest BCUT2D eigenvalue weighted by Gasteiger charge is -2.16. The summed E-state index contributed by atoms with van der Waals surface area (Å²) in [5.74, 6) is 0.285. The first-order valence-corrected chi connectivity index (χ1v) is 5.98. The number of benzene rings is 2. The van der Waals surface area contributed by atoms with E-state index in [4.69, 9.17) is 0 Å². The van der Waals surface area contributed by atoms with E-state index in [1.165, 1.54) is 10.8 Å². The van der Waals surface area contributed by atoms with Gasteiger partial charge in [0.1, 0.15) is 5.78 Å². The van der Waals surface area contributed by atoms with Crippen LogP contribution in [0.1, 0.15) is 26.3 Å². The SMILES string of the molecule is CC(C)(C)C(=O)Cc1ccc2ccccc2c1. The molecule has 0 bridgehead atoms. The molecular weight excluding hydrogens is 208 g/mol. The third-order valence-electron chi connectivity index (χ3n) is 3.02. The van der Waals surface area contributed by atoms with Gasteiger partial charge in [-0.15, -0.1) is 0 Å². The molecule has 88 valence electrons. The van der Waals surface area contributed by atoms with Gasteiger partial charge in [0.25, 0.3) is 0 Å². The van der Waals surface area contributed by atoms with Crippen molar-refractivity contribution in [2.45, 2.75) is 27.2 Å². The molecule has 2 rings (SSSR count). The van der Waals surface area contributed by atoms with Gasteiger partial charge in [0, 0.05) is 11.8 Å². The van der Waals surface area contributed by atoms with Gasteiger partial charge in [-0.1, -0.05) is 63.2 Å². The highest BCUT2D eigenvalue weighted by molar-refractivity contribution is 5.88. The van der Waals surface area contributed by atoms with Crippen LogP contribution in [0, 0.1) is 5.41 Å². The molecule has 2 aromatic rings. The molecular formula is C16H18O. The van der Waals surface area contributed by atoms with E-state index >= 15 is 0 Å². The molecule has 0 saturated carbocycles. The molecule has 0 aliphatic carbocycles. The van der Waals surface area contributed by atoms with Gasteiger partial charge in [0.05, 0.1) is 0 Å². The molecule has 0 radical (unpaired) electrons. The summed E-state index contributed by atoms with van der Waals surface area (Å²) in [6.45, 7) is 5.91. The van der Waals surface area contributed by atoms with Crippen LogP contribution in [0.5, 0.6) is 0 Å². The van der Waals surface area contributed by atoms with Gasteiger partial charge in [0.15, 0.2) is 0 Å². The number of hydrogen-bond acceptors (Lipinski definition) is 1. The summed E-state index contributed by atoms with van der Waals surface area (Å²) in [6.07, 6.45) is 0.522. The molecule has 0 atom stereocenters. The monoisotopic (exact) mass is 226 g/mol. The number of ketones is 1. The molecule has 0 spiro atoms. The third-order valence-corrected chi connectivity index (χ3v) is 3.02. The fourth-order valence-electron chi connectivity index (χ4n) is 1.80. The van der Waals surface area contributed by atoms with Crippen LogP contribution in [0.4, 0.5) is 0 Å². The minimum atomic E-state index is -0.258. The minimum Gasteiger partial charge on any atom is -0.299 e. The first-order valence-electron chi connectivity index (χ1n) is 5.98. The summed E-state index contributed by atoms with van der Waals surface area (Å²) in [5.41, 5.74) is 0.842. The zero-order chi connectivity index (χ0) is 12.5. The Hall–Kier alpha value is -1.63. The topological polar surface area (TPSA) is 17.1 Å². The minimum absolute atomic E-state index is 0.258. The summed E-state index contributed by atoms with van der Waals surface area (Å²) in [7, 11) is 0. The molecule has 0 saturated heterocycles. The van der Waals surface area contributed by atoms with Crippen LogP contribution >= 0.6 is 0 Å². The van der Waals surface area contributed by atoms with E-state index in [9.17, 15) is 4.79 Å². The predicted molar refractivity (Wildman–Crippen MR) is 72.1 cm³/mol. The van der Waals surface area contributed by atoms with Crippen LogP contribution in [0.3, 0.4) is 0 Å².